The summed E-state index contributed by atoms with van der Waals surface area (Å²) >= 11 is 6.03. The van der Waals surface area contributed by atoms with Gasteiger partial charge in [0.25, 0.3) is 0 Å². The predicted octanol–water partition coefficient (Wildman–Crippen LogP) is 5.07. The van der Waals surface area contributed by atoms with E-state index in [0.29, 0.717) is 10.6 Å². The van der Waals surface area contributed by atoms with Gasteiger partial charge in [0.05, 0.1) is 16.8 Å². The molecule has 0 unspecified atom stereocenters. The molecule has 0 saturated heterocycles. The maximum absolute atomic E-state index is 9.38. The first kappa shape index (κ1) is 14.4. The number of pyridine rings is 1. The molecule has 0 fully saturated rings. The lowest BCUT2D eigenvalue weighted by Gasteiger charge is -2.12. The molecule has 0 spiro atoms. The molecule has 1 N–H and O–H groups in total. The van der Waals surface area contributed by atoms with E-state index >= 15 is 0 Å². The minimum atomic E-state index is 0.515. The van der Waals surface area contributed by atoms with E-state index in [1.165, 1.54) is 5.56 Å². The van der Waals surface area contributed by atoms with Crippen LogP contribution >= 0.6 is 11.6 Å². The molecule has 3 nitrogen and oxygen atoms in total. The predicted molar refractivity (Wildman–Crippen MR) is 90.6 cm³/mol. The molecule has 0 aliphatic carbocycles. The van der Waals surface area contributed by atoms with Gasteiger partial charge in [-0.15, -0.1) is 0 Å². The zero-order chi connectivity index (χ0) is 15.5. The smallest absolute Gasteiger partial charge is 0.103 e. The van der Waals surface area contributed by atoms with Crippen LogP contribution in [0.5, 0.6) is 0 Å². The Hall–Kier alpha value is -2.57. The summed E-state index contributed by atoms with van der Waals surface area (Å²) in [6.45, 7) is 2.10. The fraction of sp³-hybridized carbons (Fsp3) is 0.111. The number of anilines is 2. The second kappa shape index (κ2) is 6.05. The molecule has 0 amide bonds. The molecule has 2 aromatic carbocycles. The van der Waals surface area contributed by atoms with Crippen LogP contribution in [0.1, 0.15) is 18.1 Å². The van der Waals surface area contributed by atoms with Crippen LogP contribution in [0.25, 0.3) is 10.9 Å². The fourth-order valence-corrected chi connectivity index (χ4v) is 2.58. The SMILES string of the molecule is CCc1ccc2ncc(C#N)c(Nc3cccc(Cl)c3)c2c1. The molecule has 0 atom stereocenters. The molecule has 0 aliphatic rings. The van der Waals surface area contributed by atoms with Gasteiger partial charge in [0.1, 0.15) is 6.07 Å². The first-order valence-corrected chi connectivity index (χ1v) is 7.43. The van der Waals surface area contributed by atoms with Crippen molar-refractivity contribution in [2.75, 3.05) is 5.32 Å². The van der Waals surface area contributed by atoms with Crippen LogP contribution in [-0.4, -0.2) is 4.98 Å². The van der Waals surface area contributed by atoms with Crippen molar-refractivity contribution in [1.29, 1.82) is 5.26 Å². The molecule has 0 bridgehead atoms. The van der Waals surface area contributed by atoms with Crippen molar-refractivity contribution in [3.05, 3.63) is 64.8 Å². The lowest BCUT2D eigenvalue weighted by Crippen LogP contribution is -1.97. The quantitative estimate of drug-likeness (QED) is 0.735. The molecule has 0 saturated carbocycles. The maximum atomic E-state index is 9.38. The number of nitrogens with zero attached hydrogens (tertiary/aromatic N) is 2. The Morgan fingerprint density at radius 2 is 2.09 bits per heavy atom. The van der Waals surface area contributed by atoms with Gasteiger partial charge in [-0.25, -0.2) is 0 Å². The summed E-state index contributed by atoms with van der Waals surface area (Å²) in [5, 5.41) is 14.3. The molecule has 1 aromatic heterocycles. The Kier molecular flexibility index (Phi) is 3.95. The number of benzene rings is 2. The second-order valence-corrected chi connectivity index (χ2v) is 5.44. The number of aryl methyl sites for hydroxylation is 1. The Morgan fingerprint density at radius 3 is 2.82 bits per heavy atom. The van der Waals surface area contributed by atoms with E-state index in [1.807, 2.05) is 30.3 Å². The number of fused-ring (bicyclic) bond motifs is 1. The topological polar surface area (TPSA) is 48.7 Å². The largest absolute Gasteiger partial charge is 0.354 e. The summed E-state index contributed by atoms with van der Waals surface area (Å²) in [7, 11) is 0. The molecule has 4 heteroatoms. The Balaban J connectivity index is 2.19. The van der Waals surface area contributed by atoms with Crippen molar-refractivity contribution in [3.63, 3.8) is 0 Å². The highest BCUT2D eigenvalue weighted by Crippen LogP contribution is 2.30. The molecule has 3 aromatic rings. The van der Waals surface area contributed by atoms with Crippen LogP contribution in [0.4, 0.5) is 11.4 Å². The van der Waals surface area contributed by atoms with Gasteiger partial charge in [0.15, 0.2) is 0 Å². The van der Waals surface area contributed by atoms with Crippen LogP contribution in [0, 0.1) is 11.3 Å². The molecular weight excluding hydrogens is 294 g/mol. The zero-order valence-corrected chi connectivity index (χ0v) is 12.9. The van der Waals surface area contributed by atoms with E-state index < -0.39 is 0 Å². The van der Waals surface area contributed by atoms with Crippen LogP contribution in [0.15, 0.2) is 48.7 Å². The number of aromatic nitrogens is 1. The van der Waals surface area contributed by atoms with E-state index in [4.69, 9.17) is 11.6 Å². The summed E-state index contributed by atoms with van der Waals surface area (Å²) in [5.74, 6) is 0. The Bertz CT molecular complexity index is 881. The Morgan fingerprint density at radius 1 is 1.23 bits per heavy atom. The van der Waals surface area contributed by atoms with E-state index in [1.54, 1.807) is 6.20 Å². The number of nitriles is 1. The first-order valence-electron chi connectivity index (χ1n) is 7.05. The van der Waals surface area contributed by atoms with Crippen molar-refractivity contribution < 1.29 is 0 Å². The van der Waals surface area contributed by atoms with Gasteiger partial charge in [-0.3, -0.25) is 4.98 Å². The highest BCUT2D eigenvalue weighted by atomic mass is 35.5. The molecule has 108 valence electrons. The highest BCUT2D eigenvalue weighted by molar-refractivity contribution is 6.30. The van der Waals surface area contributed by atoms with Gasteiger partial charge >= 0.3 is 0 Å². The average molecular weight is 308 g/mol. The van der Waals surface area contributed by atoms with Crippen LogP contribution in [-0.2, 0) is 6.42 Å². The third-order valence-corrected chi connectivity index (χ3v) is 3.79. The minimum absolute atomic E-state index is 0.515. The molecular formula is C18H14ClN3. The monoisotopic (exact) mass is 307 g/mol. The number of hydrogen-bond donors (Lipinski definition) is 1. The average Bonchev–Trinajstić information content (AvgIpc) is 2.55. The van der Waals surface area contributed by atoms with Crippen molar-refractivity contribution in [3.8, 4) is 6.07 Å². The van der Waals surface area contributed by atoms with Crippen molar-refractivity contribution in [2.24, 2.45) is 0 Å². The van der Waals surface area contributed by atoms with Gasteiger partial charge in [-0.2, -0.15) is 5.26 Å². The van der Waals surface area contributed by atoms with E-state index in [0.717, 1.165) is 28.7 Å². The Labute approximate surface area is 134 Å². The van der Waals surface area contributed by atoms with Crippen molar-refractivity contribution in [1.82, 2.24) is 4.98 Å². The fourth-order valence-electron chi connectivity index (χ4n) is 2.39. The summed E-state index contributed by atoms with van der Waals surface area (Å²) in [5.41, 5.74) is 4.20. The van der Waals surface area contributed by atoms with Gasteiger partial charge in [0, 0.05) is 22.3 Å². The van der Waals surface area contributed by atoms with Crippen LogP contribution in [0.3, 0.4) is 0 Å². The second-order valence-electron chi connectivity index (χ2n) is 5.00. The lowest BCUT2D eigenvalue weighted by molar-refractivity contribution is 1.14. The maximum Gasteiger partial charge on any atom is 0.103 e. The molecule has 0 radical (unpaired) electrons. The number of rotatable bonds is 3. The van der Waals surface area contributed by atoms with Gasteiger partial charge < -0.3 is 5.32 Å². The summed E-state index contributed by atoms with van der Waals surface area (Å²) < 4.78 is 0. The van der Waals surface area contributed by atoms with Crippen LogP contribution < -0.4 is 5.32 Å². The van der Waals surface area contributed by atoms with Gasteiger partial charge in [0.2, 0.25) is 0 Å². The minimum Gasteiger partial charge on any atom is -0.354 e. The molecule has 3 rings (SSSR count). The normalized spacial score (nSPS) is 10.4. The van der Waals surface area contributed by atoms with Gasteiger partial charge in [-0.1, -0.05) is 30.7 Å². The van der Waals surface area contributed by atoms with Gasteiger partial charge in [-0.05, 0) is 42.3 Å². The van der Waals surface area contributed by atoms with E-state index in [9.17, 15) is 5.26 Å². The first-order chi connectivity index (χ1) is 10.7. The summed E-state index contributed by atoms with van der Waals surface area (Å²) in [6.07, 6.45) is 2.53. The molecule has 1 heterocycles. The third-order valence-electron chi connectivity index (χ3n) is 3.56. The number of hydrogen-bond acceptors (Lipinski definition) is 3. The third kappa shape index (κ3) is 2.74. The summed E-state index contributed by atoms with van der Waals surface area (Å²) in [4.78, 5) is 4.36. The number of halogens is 1. The molecule has 0 aliphatic heterocycles. The summed E-state index contributed by atoms with van der Waals surface area (Å²) in [6, 6.07) is 15.8. The van der Waals surface area contributed by atoms with E-state index in [2.05, 4.69) is 35.4 Å². The zero-order valence-electron chi connectivity index (χ0n) is 12.1. The molecule has 22 heavy (non-hydrogen) atoms. The standard InChI is InChI=1S/C18H14ClN3/c1-2-12-6-7-17-16(8-12)18(13(10-20)11-21-17)22-15-5-3-4-14(19)9-15/h3-9,11H,2H2,1H3,(H,21,22). The van der Waals surface area contributed by atoms with Crippen molar-refractivity contribution >= 4 is 33.9 Å². The number of nitrogens with one attached hydrogen (secondary N) is 1. The van der Waals surface area contributed by atoms with E-state index in [-0.39, 0.29) is 0 Å². The van der Waals surface area contributed by atoms with Crippen LogP contribution in [0.2, 0.25) is 5.02 Å². The lowest BCUT2D eigenvalue weighted by atomic mass is 10.1. The highest BCUT2D eigenvalue weighted by Gasteiger charge is 2.10. The van der Waals surface area contributed by atoms with Crippen molar-refractivity contribution in [2.45, 2.75) is 13.3 Å².